The number of benzene rings is 1. The number of hydrogen-bond acceptors (Lipinski definition) is 6. The third-order valence-electron chi connectivity index (χ3n) is 5.86. The molecular formula is C23H28ClN3O4. The maximum absolute atomic E-state index is 12.5. The highest BCUT2D eigenvalue weighted by atomic mass is 35.5. The third-order valence-corrected chi connectivity index (χ3v) is 6.11. The lowest BCUT2D eigenvalue weighted by Gasteiger charge is -2.36. The molecule has 0 bridgehead atoms. The molecule has 2 saturated heterocycles. The second kappa shape index (κ2) is 10.2. The van der Waals surface area contributed by atoms with Crippen LogP contribution in [0, 0.1) is 0 Å². The summed E-state index contributed by atoms with van der Waals surface area (Å²) in [5.41, 5.74) is 0.841. The van der Waals surface area contributed by atoms with Crippen molar-refractivity contribution in [3.8, 4) is 5.75 Å². The molecule has 7 nitrogen and oxygen atoms in total. The van der Waals surface area contributed by atoms with Crippen molar-refractivity contribution in [2.45, 2.75) is 25.8 Å². The first-order chi connectivity index (χ1) is 15.1. The van der Waals surface area contributed by atoms with Gasteiger partial charge in [-0.25, -0.2) is 0 Å². The molecule has 1 aromatic carbocycles. The summed E-state index contributed by atoms with van der Waals surface area (Å²) in [4.78, 5) is 31.1. The summed E-state index contributed by atoms with van der Waals surface area (Å²) in [5.74, 6) is 0.576. The van der Waals surface area contributed by atoms with Gasteiger partial charge < -0.3 is 19.0 Å². The van der Waals surface area contributed by atoms with Crippen LogP contribution in [0.5, 0.6) is 5.75 Å². The van der Waals surface area contributed by atoms with Gasteiger partial charge in [-0.1, -0.05) is 18.0 Å². The van der Waals surface area contributed by atoms with E-state index in [0.717, 1.165) is 31.9 Å². The van der Waals surface area contributed by atoms with Gasteiger partial charge in [-0.15, -0.1) is 0 Å². The van der Waals surface area contributed by atoms with Gasteiger partial charge in [0.05, 0.1) is 6.54 Å². The van der Waals surface area contributed by atoms with E-state index in [-0.39, 0.29) is 23.7 Å². The number of piperazine rings is 1. The van der Waals surface area contributed by atoms with Crippen LogP contribution in [-0.4, -0.2) is 61.6 Å². The van der Waals surface area contributed by atoms with E-state index in [1.165, 1.54) is 31.6 Å². The van der Waals surface area contributed by atoms with E-state index in [9.17, 15) is 9.59 Å². The molecule has 2 fully saturated rings. The summed E-state index contributed by atoms with van der Waals surface area (Å²) in [5, 5.41) is 0.707. The van der Waals surface area contributed by atoms with Crippen LogP contribution in [0.3, 0.4) is 0 Å². The zero-order valence-electron chi connectivity index (χ0n) is 17.6. The second-order valence-corrected chi connectivity index (χ2v) is 8.48. The molecule has 4 rings (SSSR count). The second-order valence-electron chi connectivity index (χ2n) is 8.04. The van der Waals surface area contributed by atoms with Crippen LogP contribution in [-0.2, 0) is 11.3 Å². The molecule has 0 saturated carbocycles. The SMILES string of the molecule is O=C(COc1coc(CN2CCCCC2)cc1=O)N1CCN(c2ccc(Cl)cc2)CC1. The Morgan fingerprint density at radius 1 is 1.00 bits per heavy atom. The molecule has 31 heavy (non-hydrogen) atoms. The summed E-state index contributed by atoms with van der Waals surface area (Å²) < 4.78 is 11.1. The molecule has 0 aliphatic carbocycles. The van der Waals surface area contributed by atoms with Crippen LogP contribution in [0.2, 0.25) is 5.02 Å². The highest BCUT2D eigenvalue weighted by molar-refractivity contribution is 6.30. The topological polar surface area (TPSA) is 66.2 Å². The maximum atomic E-state index is 12.5. The standard InChI is InChI=1S/C23H28ClN3O4/c24-18-4-6-19(7-5-18)26-10-12-27(13-11-26)23(29)17-31-22-16-30-20(14-21(22)28)15-25-8-2-1-3-9-25/h4-7,14,16H,1-3,8-13,15,17H2. The molecule has 8 heteroatoms. The number of anilines is 1. The maximum Gasteiger partial charge on any atom is 0.260 e. The first-order valence-electron chi connectivity index (χ1n) is 10.8. The van der Waals surface area contributed by atoms with Crippen LogP contribution in [0.15, 0.2) is 45.8 Å². The van der Waals surface area contributed by atoms with Crippen LogP contribution in [0.25, 0.3) is 0 Å². The molecule has 0 N–H and O–H groups in total. The fourth-order valence-electron chi connectivity index (χ4n) is 4.06. The number of carbonyl (C=O) groups is 1. The van der Waals surface area contributed by atoms with Gasteiger partial charge in [0.2, 0.25) is 11.2 Å². The molecule has 166 valence electrons. The number of carbonyl (C=O) groups excluding carboxylic acids is 1. The number of nitrogens with zero attached hydrogens (tertiary/aromatic N) is 3. The number of hydrogen-bond donors (Lipinski definition) is 0. The first kappa shape index (κ1) is 21.7. The Hall–Kier alpha value is -2.51. The van der Waals surface area contributed by atoms with Gasteiger partial charge in [0, 0.05) is 43.0 Å². The summed E-state index contributed by atoms with van der Waals surface area (Å²) >= 11 is 5.95. The van der Waals surface area contributed by atoms with Crippen molar-refractivity contribution in [1.82, 2.24) is 9.80 Å². The smallest absolute Gasteiger partial charge is 0.260 e. The molecule has 0 spiro atoms. The van der Waals surface area contributed by atoms with E-state index >= 15 is 0 Å². The van der Waals surface area contributed by atoms with E-state index < -0.39 is 0 Å². The molecular weight excluding hydrogens is 418 g/mol. The Kier molecular flexibility index (Phi) is 7.14. The van der Waals surface area contributed by atoms with Gasteiger partial charge in [-0.2, -0.15) is 0 Å². The minimum Gasteiger partial charge on any atom is -0.477 e. The van der Waals surface area contributed by atoms with Crippen molar-refractivity contribution in [3.05, 3.63) is 57.6 Å². The molecule has 1 aromatic heterocycles. The number of likely N-dealkylation sites (tertiary alicyclic amines) is 1. The lowest BCUT2D eigenvalue weighted by atomic mass is 10.1. The summed E-state index contributed by atoms with van der Waals surface area (Å²) in [6, 6.07) is 9.17. The van der Waals surface area contributed by atoms with Gasteiger partial charge in [0.25, 0.3) is 5.91 Å². The van der Waals surface area contributed by atoms with Crippen LogP contribution < -0.4 is 15.1 Å². The monoisotopic (exact) mass is 445 g/mol. The quantitative estimate of drug-likeness (QED) is 0.681. The summed E-state index contributed by atoms with van der Waals surface area (Å²) in [6.07, 6.45) is 4.95. The van der Waals surface area contributed by atoms with Crippen LogP contribution >= 0.6 is 11.6 Å². The van der Waals surface area contributed by atoms with Crippen molar-refractivity contribution in [2.24, 2.45) is 0 Å². The first-order valence-corrected chi connectivity index (χ1v) is 11.2. The number of rotatable bonds is 6. The third kappa shape index (κ3) is 5.80. The highest BCUT2D eigenvalue weighted by Gasteiger charge is 2.22. The largest absolute Gasteiger partial charge is 0.477 e. The molecule has 2 aromatic rings. The Morgan fingerprint density at radius 2 is 1.71 bits per heavy atom. The van der Waals surface area contributed by atoms with E-state index in [2.05, 4.69) is 9.80 Å². The van der Waals surface area contributed by atoms with Gasteiger partial charge in [0.15, 0.2) is 6.61 Å². The molecule has 2 aliphatic heterocycles. The fourth-order valence-corrected chi connectivity index (χ4v) is 4.19. The molecule has 0 radical (unpaired) electrons. The molecule has 3 heterocycles. The van der Waals surface area contributed by atoms with Crippen molar-refractivity contribution in [3.63, 3.8) is 0 Å². The van der Waals surface area contributed by atoms with Crippen LogP contribution in [0.1, 0.15) is 25.0 Å². The fraction of sp³-hybridized carbons (Fsp3) is 0.478. The Balaban J connectivity index is 1.25. The lowest BCUT2D eigenvalue weighted by molar-refractivity contribution is -0.133. The van der Waals surface area contributed by atoms with Crippen molar-refractivity contribution >= 4 is 23.2 Å². The van der Waals surface area contributed by atoms with Gasteiger partial charge in [0.1, 0.15) is 12.0 Å². The van der Waals surface area contributed by atoms with Gasteiger partial charge >= 0.3 is 0 Å². The van der Waals surface area contributed by atoms with Crippen LogP contribution in [0.4, 0.5) is 5.69 Å². The molecule has 0 unspecified atom stereocenters. The number of piperidine rings is 1. The Labute approximate surface area is 187 Å². The Bertz CT molecular complexity index is 933. The normalized spacial score (nSPS) is 17.6. The molecule has 0 atom stereocenters. The van der Waals surface area contributed by atoms with E-state index in [1.807, 2.05) is 24.3 Å². The van der Waals surface area contributed by atoms with Crippen molar-refractivity contribution in [2.75, 3.05) is 50.8 Å². The zero-order valence-corrected chi connectivity index (χ0v) is 18.4. The van der Waals surface area contributed by atoms with E-state index in [1.54, 1.807) is 4.90 Å². The lowest BCUT2D eigenvalue weighted by Crippen LogP contribution is -2.50. The molecule has 1 amide bonds. The van der Waals surface area contributed by atoms with E-state index in [0.29, 0.717) is 30.4 Å². The molecule has 2 aliphatic rings. The van der Waals surface area contributed by atoms with Gasteiger partial charge in [-0.05, 0) is 50.2 Å². The predicted octanol–water partition coefficient (Wildman–Crippen LogP) is 3.01. The minimum absolute atomic E-state index is 0.0792. The number of ether oxygens (including phenoxy) is 1. The van der Waals surface area contributed by atoms with Crippen molar-refractivity contribution in [1.29, 1.82) is 0 Å². The number of halogens is 1. The van der Waals surface area contributed by atoms with Gasteiger partial charge in [-0.3, -0.25) is 14.5 Å². The Morgan fingerprint density at radius 3 is 2.39 bits per heavy atom. The minimum atomic E-state index is -0.251. The average Bonchev–Trinajstić information content (AvgIpc) is 2.80. The predicted molar refractivity (Wildman–Crippen MR) is 120 cm³/mol. The van der Waals surface area contributed by atoms with Crippen molar-refractivity contribution < 1.29 is 13.9 Å². The zero-order chi connectivity index (χ0) is 21.6. The average molecular weight is 446 g/mol. The number of amides is 1. The summed E-state index contributed by atoms with van der Waals surface area (Å²) in [6.45, 7) is 5.21. The summed E-state index contributed by atoms with van der Waals surface area (Å²) in [7, 11) is 0. The highest BCUT2D eigenvalue weighted by Crippen LogP contribution is 2.19. The van der Waals surface area contributed by atoms with E-state index in [4.69, 9.17) is 20.8 Å².